The average molecular weight is 604 g/mol. The monoisotopic (exact) mass is 602 g/mol. The minimum absolute atomic E-state index is 0.0952. The number of thioether (sulfide) groups is 1. The van der Waals surface area contributed by atoms with Gasteiger partial charge in [0.05, 0.1) is 0 Å². The Morgan fingerprint density at radius 3 is 2.28 bits per heavy atom. The summed E-state index contributed by atoms with van der Waals surface area (Å²) in [7, 11) is 0. The number of benzene rings is 3. The zero-order valence-electron chi connectivity index (χ0n) is 21.8. The van der Waals surface area contributed by atoms with Crippen molar-refractivity contribution in [2.75, 3.05) is 5.75 Å². The lowest BCUT2D eigenvalue weighted by atomic mass is 9.94. The molecule has 8 heteroatoms. The van der Waals surface area contributed by atoms with Crippen LogP contribution in [0.4, 0.5) is 0 Å². The molecule has 1 N–H and O–H groups in total. The molecule has 0 spiro atoms. The number of halogens is 3. The molecule has 4 nitrogen and oxygen atoms in total. The van der Waals surface area contributed by atoms with Crippen LogP contribution in [0.15, 0.2) is 77.7 Å². The van der Waals surface area contributed by atoms with Crippen molar-refractivity contribution in [2.24, 2.45) is 0 Å². The molecule has 206 valence electrons. The molecule has 2 amide bonds. The van der Waals surface area contributed by atoms with Crippen molar-refractivity contribution in [3.05, 3.63) is 99.0 Å². The molecule has 0 heterocycles. The zero-order chi connectivity index (χ0) is 27.6. The molecule has 0 aliphatic heterocycles. The van der Waals surface area contributed by atoms with Gasteiger partial charge in [-0.2, -0.15) is 0 Å². The van der Waals surface area contributed by atoms with Gasteiger partial charge < -0.3 is 10.2 Å². The van der Waals surface area contributed by atoms with Crippen LogP contribution >= 0.6 is 46.6 Å². The minimum atomic E-state index is -0.672. The Bertz CT molecular complexity index is 1230. The van der Waals surface area contributed by atoms with E-state index in [1.807, 2.05) is 60.7 Å². The first kappa shape index (κ1) is 29.8. The molecule has 0 saturated heterocycles. The van der Waals surface area contributed by atoms with E-state index in [0.29, 0.717) is 27.2 Å². The molecule has 3 aromatic carbocycles. The number of nitrogens with zero attached hydrogens (tertiary/aromatic N) is 1. The Morgan fingerprint density at radius 1 is 0.897 bits per heavy atom. The number of rotatable bonds is 11. The molecule has 39 heavy (non-hydrogen) atoms. The maximum Gasteiger partial charge on any atom is 0.243 e. The number of carbonyl (C=O) groups excluding carboxylic acids is 2. The summed E-state index contributed by atoms with van der Waals surface area (Å²) < 4.78 is 0. The molecule has 4 rings (SSSR count). The highest BCUT2D eigenvalue weighted by molar-refractivity contribution is 7.99. The van der Waals surface area contributed by atoms with Crippen LogP contribution in [0.25, 0.3) is 0 Å². The molecule has 3 aromatic rings. The minimum Gasteiger partial charge on any atom is -0.352 e. The van der Waals surface area contributed by atoms with Gasteiger partial charge in [0.1, 0.15) is 6.04 Å². The van der Waals surface area contributed by atoms with Gasteiger partial charge in [-0.3, -0.25) is 9.59 Å². The van der Waals surface area contributed by atoms with Gasteiger partial charge in [0, 0.05) is 51.1 Å². The zero-order valence-corrected chi connectivity index (χ0v) is 24.8. The van der Waals surface area contributed by atoms with Crippen molar-refractivity contribution in [3.63, 3.8) is 0 Å². The van der Waals surface area contributed by atoms with E-state index in [9.17, 15) is 9.59 Å². The highest BCUT2D eigenvalue weighted by Crippen LogP contribution is 2.26. The van der Waals surface area contributed by atoms with Gasteiger partial charge in [-0.15, -0.1) is 11.8 Å². The van der Waals surface area contributed by atoms with Crippen molar-refractivity contribution >= 4 is 58.4 Å². The van der Waals surface area contributed by atoms with Gasteiger partial charge in [-0.1, -0.05) is 90.5 Å². The molecule has 1 aliphatic carbocycles. The van der Waals surface area contributed by atoms with Crippen LogP contribution in [0.3, 0.4) is 0 Å². The summed E-state index contributed by atoms with van der Waals surface area (Å²) in [4.78, 5) is 30.4. The first-order valence-electron chi connectivity index (χ1n) is 13.3. The molecule has 1 fully saturated rings. The third-order valence-corrected chi connectivity index (χ3v) is 8.83. The first-order chi connectivity index (χ1) is 18.9. The van der Waals surface area contributed by atoms with Crippen molar-refractivity contribution in [3.8, 4) is 0 Å². The number of nitrogens with one attached hydrogen (secondary N) is 1. The summed E-state index contributed by atoms with van der Waals surface area (Å²) in [5.41, 5.74) is 1.75. The standard InChI is InChI=1S/C31H33Cl3N2O2S/c32-24-13-15-27(16-14-24)39-18-17-30(37)36(21-23-11-12-25(33)20-28(23)34)29(19-22-7-3-1-4-8-22)31(38)35-26-9-5-2-6-10-26/h1,3-4,7-8,11-16,20,26,29H,2,5-6,9-10,17-19,21H2,(H,35,38). The van der Waals surface area contributed by atoms with Gasteiger partial charge in [0.25, 0.3) is 0 Å². The van der Waals surface area contributed by atoms with Crippen molar-refractivity contribution in [1.29, 1.82) is 0 Å². The molecule has 0 aromatic heterocycles. The Hall–Kier alpha value is -2.18. The second-order valence-electron chi connectivity index (χ2n) is 9.86. The summed E-state index contributed by atoms with van der Waals surface area (Å²) in [5.74, 6) is 0.366. The summed E-state index contributed by atoms with van der Waals surface area (Å²) in [6, 6.07) is 22.1. The fourth-order valence-corrected chi connectivity index (χ4v) is 6.30. The summed E-state index contributed by atoms with van der Waals surface area (Å²) in [6.45, 7) is 0.218. The maximum absolute atomic E-state index is 13.8. The van der Waals surface area contributed by atoms with E-state index in [0.717, 1.165) is 41.7 Å². The Labute approximate surface area is 250 Å². The number of hydrogen-bond donors (Lipinski definition) is 1. The van der Waals surface area contributed by atoms with E-state index < -0.39 is 6.04 Å². The predicted octanol–water partition coefficient (Wildman–Crippen LogP) is 8.22. The summed E-state index contributed by atoms with van der Waals surface area (Å²) in [6.07, 6.45) is 6.06. The van der Waals surface area contributed by atoms with Crippen LogP contribution < -0.4 is 5.32 Å². The van der Waals surface area contributed by atoms with Crippen LogP contribution in [0.2, 0.25) is 15.1 Å². The lowest BCUT2D eigenvalue weighted by Crippen LogP contribution is -2.53. The Balaban J connectivity index is 1.58. The van der Waals surface area contributed by atoms with E-state index >= 15 is 0 Å². The van der Waals surface area contributed by atoms with Gasteiger partial charge in [-0.25, -0.2) is 0 Å². The van der Waals surface area contributed by atoms with E-state index in [2.05, 4.69) is 5.32 Å². The normalized spacial score (nSPS) is 14.5. The molecule has 1 saturated carbocycles. The Morgan fingerprint density at radius 2 is 1.59 bits per heavy atom. The molecule has 1 atom stereocenters. The predicted molar refractivity (Wildman–Crippen MR) is 163 cm³/mol. The van der Waals surface area contributed by atoms with Crippen LogP contribution in [0, 0.1) is 0 Å². The third-order valence-electron chi connectivity index (χ3n) is 6.98. The summed E-state index contributed by atoms with van der Waals surface area (Å²) in [5, 5.41) is 4.94. The average Bonchev–Trinajstić information content (AvgIpc) is 2.94. The number of amides is 2. The molecule has 0 radical (unpaired) electrons. The fraction of sp³-hybridized carbons (Fsp3) is 0.355. The van der Waals surface area contributed by atoms with Crippen molar-refractivity contribution < 1.29 is 9.59 Å². The van der Waals surface area contributed by atoms with Crippen LogP contribution in [0.1, 0.15) is 49.7 Å². The molecular weight excluding hydrogens is 571 g/mol. The topological polar surface area (TPSA) is 49.4 Å². The van der Waals surface area contributed by atoms with Gasteiger partial charge in [0.15, 0.2) is 0 Å². The largest absolute Gasteiger partial charge is 0.352 e. The quantitative estimate of drug-likeness (QED) is 0.225. The molecular formula is C31H33Cl3N2O2S. The number of carbonyl (C=O) groups is 2. The van der Waals surface area contributed by atoms with Gasteiger partial charge >= 0.3 is 0 Å². The molecule has 1 aliphatic rings. The van der Waals surface area contributed by atoms with Gasteiger partial charge in [-0.05, 0) is 60.4 Å². The summed E-state index contributed by atoms with van der Waals surface area (Å²) >= 11 is 20.3. The molecule has 0 bridgehead atoms. The van der Waals surface area contributed by atoms with Crippen LogP contribution in [-0.2, 0) is 22.6 Å². The van der Waals surface area contributed by atoms with E-state index in [1.54, 1.807) is 28.8 Å². The SMILES string of the molecule is O=C(NC1CCCCC1)C(Cc1ccccc1)N(Cc1ccc(Cl)cc1Cl)C(=O)CCSc1ccc(Cl)cc1. The lowest BCUT2D eigenvalue weighted by molar-refractivity contribution is -0.141. The second kappa shape index (κ2) is 15.0. The van der Waals surface area contributed by atoms with Gasteiger partial charge in [0.2, 0.25) is 11.8 Å². The van der Waals surface area contributed by atoms with E-state index in [-0.39, 0.29) is 30.8 Å². The van der Waals surface area contributed by atoms with Crippen LogP contribution in [0.5, 0.6) is 0 Å². The highest BCUT2D eigenvalue weighted by atomic mass is 35.5. The first-order valence-corrected chi connectivity index (χ1v) is 15.5. The van der Waals surface area contributed by atoms with Crippen molar-refractivity contribution in [1.82, 2.24) is 10.2 Å². The smallest absolute Gasteiger partial charge is 0.243 e. The maximum atomic E-state index is 13.8. The van der Waals surface area contributed by atoms with E-state index in [1.165, 1.54) is 6.42 Å². The van der Waals surface area contributed by atoms with Crippen molar-refractivity contribution in [2.45, 2.75) is 68.5 Å². The number of hydrogen-bond acceptors (Lipinski definition) is 3. The fourth-order valence-electron chi connectivity index (χ4n) is 4.86. The Kier molecular flexibility index (Phi) is 11.5. The van der Waals surface area contributed by atoms with E-state index in [4.69, 9.17) is 34.8 Å². The lowest BCUT2D eigenvalue weighted by Gasteiger charge is -2.33. The van der Waals surface area contributed by atoms with Crippen LogP contribution in [-0.4, -0.2) is 34.6 Å². The molecule has 1 unspecified atom stereocenters. The highest BCUT2D eigenvalue weighted by Gasteiger charge is 2.32. The third kappa shape index (κ3) is 9.18. The second-order valence-corrected chi connectivity index (χ2v) is 12.3.